The van der Waals surface area contributed by atoms with E-state index in [0.717, 1.165) is 55.4 Å². The molecule has 0 bridgehead atoms. The number of nitrogens with one attached hydrogen (secondary N) is 1. The number of carbonyl (C=O) groups is 2. The fourth-order valence-electron chi connectivity index (χ4n) is 3.61. The molecular weight excluding hydrogens is 422 g/mol. The lowest BCUT2D eigenvalue weighted by Gasteiger charge is -2.37. The molecule has 2 amide bonds. The molecule has 0 radical (unpaired) electrons. The zero-order valence-electron chi connectivity index (χ0n) is 17.8. The molecule has 2 N–H and O–H groups in total. The van der Waals surface area contributed by atoms with Gasteiger partial charge in [0.25, 0.3) is 0 Å². The smallest absolute Gasteiger partial charge is 0.323 e. The van der Waals surface area contributed by atoms with Crippen LogP contribution in [0.25, 0.3) is 0 Å². The summed E-state index contributed by atoms with van der Waals surface area (Å²) < 4.78 is 6.85. The number of hydrogen-bond acceptors (Lipinski definition) is 6. The molecular formula is C21H33N3O4S2. The van der Waals surface area contributed by atoms with Crippen molar-refractivity contribution in [1.82, 2.24) is 9.88 Å². The Morgan fingerprint density at radius 1 is 1.30 bits per heavy atom. The largest absolute Gasteiger partial charge is 0.481 e. The van der Waals surface area contributed by atoms with Gasteiger partial charge >= 0.3 is 12.0 Å². The second kappa shape index (κ2) is 11.3. The van der Waals surface area contributed by atoms with Gasteiger partial charge in [-0.1, -0.05) is 25.2 Å². The summed E-state index contributed by atoms with van der Waals surface area (Å²) in [5.74, 6) is 0.433. The summed E-state index contributed by atoms with van der Waals surface area (Å²) in [5, 5.41) is 12.3. The standard InChI is InChI=1S/C21H33N3O4S2/c1-14(2)9-10-24(16-5-7-17(8-6-16)28-12-15-3-4-15)21(27)23-20-22-11-19(30-20)29-13-18(25)26/h11,14-17H,3-10,12-13H2,1-2H3,(H,25,26)(H,22,23,27). The van der Waals surface area contributed by atoms with Gasteiger partial charge in [0, 0.05) is 19.2 Å². The van der Waals surface area contributed by atoms with Crippen LogP contribution in [-0.4, -0.2) is 58.0 Å². The molecule has 0 aromatic carbocycles. The Balaban J connectivity index is 1.53. The number of carboxylic acid groups (broad SMARTS) is 1. The van der Waals surface area contributed by atoms with Gasteiger partial charge in [0.2, 0.25) is 0 Å². The molecule has 2 aliphatic carbocycles. The Hall–Kier alpha value is -1.32. The highest BCUT2D eigenvalue weighted by atomic mass is 32.2. The highest BCUT2D eigenvalue weighted by Gasteiger charge is 2.31. The maximum Gasteiger partial charge on any atom is 0.323 e. The molecule has 1 heterocycles. The fourth-order valence-corrected chi connectivity index (χ4v) is 5.19. The first-order valence-electron chi connectivity index (χ1n) is 10.9. The number of hydrogen-bond donors (Lipinski definition) is 2. The monoisotopic (exact) mass is 455 g/mol. The molecule has 7 nitrogen and oxygen atoms in total. The summed E-state index contributed by atoms with van der Waals surface area (Å²) in [5.41, 5.74) is 0. The molecule has 3 rings (SSSR count). The average Bonchev–Trinajstić information content (AvgIpc) is 3.43. The van der Waals surface area contributed by atoms with E-state index in [-0.39, 0.29) is 17.8 Å². The van der Waals surface area contributed by atoms with Gasteiger partial charge < -0.3 is 14.7 Å². The molecule has 0 atom stereocenters. The van der Waals surface area contributed by atoms with Crippen molar-refractivity contribution in [3.05, 3.63) is 6.20 Å². The van der Waals surface area contributed by atoms with E-state index in [1.807, 2.05) is 4.90 Å². The second-order valence-corrected chi connectivity index (χ2v) is 11.0. The molecule has 0 spiro atoms. The van der Waals surface area contributed by atoms with Crippen molar-refractivity contribution < 1.29 is 19.4 Å². The number of thiazole rings is 1. The van der Waals surface area contributed by atoms with Crippen LogP contribution in [0.5, 0.6) is 0 Å². The van der Waals surface area contributed by atoms with Crippen molar-refractivity contribution in [3.63, 3.8) is 0 Å². The molecule has 9 heteroatoms. The first kappa shape index (κ1) is 23.3. The molecule has 1 aromatic heterocycles. The molecule has 168 valence electrons. The van der Waals surface area contributed by atoms with E-state index < -0.39 is 5.97 Å². The fraction of sp³-hybridized carbons (Fsp3) is 0.762. The van der Waals surface area contributed by atoms with Gasteiger partial charge in [-0.25, -0.2) is 9.78 Å². The maximum atomic E-state index is 13.1. The summed E-state index contributed by atoms with van der Waals surface area (Å²) >= 11 is 2.53. The third-order valence-corrected chi connectivity index (χ3v) is 7.69. The summed E-state index contributed by atoms with van der Waals surface area (Å²) in [6.07, 6.45) is 9.50. The lowest BCUT2D eigenvalue weighted by atomic mass is 9.91. The maximum absolute atomic E-state index is 13.1. The third kappa shape index (κ3) is 7.74. The summed E-state index contributed by atoms with van der Waals surface area (Å²) in [6, 6.07) is 0.118. The minimum absolute atomic E-state index is 0.0118. The average molecular weight is 456 g/mol. The van der Waals surface area contributed by atoms with Gasteiger partial charge in [-0.15, -0.1) is 11.8 Å². The van der Waals surface area contributed by atoms with Crippen LogP contribution in [0.1, 0.15) is 58.8 Å². The molecule has 2 aliphatic rings. The number of rotatable bonds is 11. The van der Waals surface area contributed by atoms with Crippen LogP contribution in [0.4, 0.5) is 9.93 Å². The number of urea groups is 1. The third-order valence-electron chi connectivity index (χ3n) is 5.59. The van der Waals surface area contributed by atoms with E-state index >= 15 is 0 Å². The van der Waals surface area contributed by atoms with E-state index in [9.17, 15) is 9.59 Å². The predicted molar refractivity (Wildman–Crippen MR) is 120 cm³/mol. The van der Waals surface area contributed by atoms with E-state index in [4.69, 9.17) is 9.84 Å². The molecule has 30 heavy (non-hydrogen) atoms. The number of nitrogens with zero attached hydrogens (tertiary/aromatic N) is 2. The van der Waals surface area contributed by atoms with Crippen molar-refractivity contribution in [2.45, 2.75) is 75.1 Å². The number of carboxylic acids is 1. The van der Waals surface area contributed by atoms with Crippen LogP contribution in [0.2, 0.25) is 0 Å². The van der Waals surface area contributed by atoms with Gasteiger partial charge in [0.1, 0.15) is 0 Å². The molecule has 2 saturated carbocycles. The number of aliphatic carboxylic acids is 1. The minimum Gasteiger partial charge on any atom is -0.481 e. The molecule has 2 fully saturated rings. The number of amides is 2. The number of aromatic nitrogens is 1. The molecule has 1 aromatic rings. The second-order valence-electron chi connectivity index (χ2n) is 8.68. The van der Waals surface area contributed by atoms with Crippen LogP contribution in [-0.2, 0) is 9.53 Å². The van der Waals surface area contributed by atoms with Crippen LogP contribution >= 0.6 is 23.1 Å². The summed E-state index contributed by atoms with van der Waals surface area (Å²) in [7, 11) is 0. The van der Waals surface area contributed by atoms with Crippen molar-refractivity contribution >= 4 is 40.2 Å². The van der Waals surface area contributed by atoms with E-state index in [2.05, 4.69) is 24.1 Å². The van der Waals surface area contributed by atoms with Crippen LogP contribution in [0.15, 0.2) is 10.4 Å². The Morgan fingerprint density at radius 3 is 2.67 bits per heavy atom. The highest BCUT2D eigenvalue weighted by molar-refractivity contribution is 8.01. The van der Waals surface area contributed by atoms with Gasteiger partial charge in [-0.05, 0) is 56.8 Å². The number of thioether (sulfide) groups is 1. The molecule has 0 saturated heterocycles. The van der Waals surface area contributed by atoms with Crippen molar-refractivity contribution in [1.29, 1.82) is 0 Å². The van der Waals surface area contributed by atoms with Gasteiger partial charge in [-0.3, -0.25) is 10.1 Å². The first-order valence-corrected chi connectivity index (χ1v) is 12.7. The summed E-state index contributed by atoms with van der Waals surface area (Å²) in [6.45, 7) is 5.98. The number of ether oxygens (including phenoxy) is 1. The SMILES string of the molecule is CC(C)CCN(C(=O)Nc1ncc(SCC(=O)O)s1)C1CCC(OCC2CC2)CC1. The van der Waals surface area contributed by atoms with Crippen LogP contribution in [0.3, 0.4) is 0 Å². The lowest BCUT2D eigenvalue weighted by molar-refractivity contribution is -0.133. The Bertz CT molecular complexity index is 700. The van der Waals surface area contributed by atoms with Crippen molar-refractivity contribution in [2.24, 2.45) is 11.8 Å². The quantitative estimate of drug-likeness (QED) is 0.459. The van der Waals surface area contributed by atoms with Crippen molar-refractivity contribution in [3.8, 4) is 0 Å². The predicted octanol–water partition coefficient (Wildman–Crippen LogP) is 4.94. The van der Waals surface area contributed by atoms with Crippen molar-refractivity contribution in [2.75, 3.05) is 24.2 Å². The van der Waals surface area contributed by atoms with Gasteiger partial charge in [-0.2, -0.15) is 0 Å². The Labute approximate surface area is 187 Å². The highest BCUT2D eigenvalue weighted by Crippen LogP contribution is 2.32. The minimum atomic E-state index is -0.865. The zero-order valence-corrected chi connectivity index (χ0v) is 19.5. The normalized spacial score (nSPS) is 21.6. The van der Waals surface area contributed by atoms with Crippen LogP contribution < -0.4 is 5.32 Å². The van der Waals surface area contributed by atoms with E-state index in [1.165, 1.54) is 35.9 Å². The topological polar surface area (TPSA) is 91.8 Å². The lowest BCUT2D eigenvalue weighted by Crippen LogP contribution is -2.46. The van der Waals surface area contributed by atoms with Gasteiger partial charge in [0.15, 0.2) is 5.13 Å². The first-order chi connectivity index (χ1) is 14.4. The molecule has 0 unspecified atom stereocenters. The number of anilines is 1. The van der Waals surface area contributed by atoms with E-state index in [1.54, 1.807) is 6.20 Å². The molecule has 0 aliphatic heterocycles. The summed E-state index contributed by atoms with van der Waals surface area (Å²) in [4.78, 5) is 30.0. The van der Waals surface area contributed by atoms with E-state index in [0.29, 0.717) is 17.2 Å². The Morgan fingerprint density at radius 2 is 2.03 bits per heavy atom. The Kier molecular flexibility index (Phi) is 8.83. The number of carbonyl (C=O) groups excluding carboxylic acids is 1. The zero-order chi connectivity index (χ0) is 21.5. The van der Waals surface area contributed by atoms with Gasteiger partial charge in [0.05, 0.1) is 22.3 Å². The van der Waals surface area contributed by atoms with Crippen LogP contribution in [0, 0.1) is 11.8 Å².